The highest BCUT2D eigenvalue weighted by molar-refractivity contribution is 6.04. The molecule has 140 valence electrons. The molecule has 2 aromatic rings. The monoisotopic (exact) mass is 355 g/mol. The molecule has 2 rings (SSSR count). The Hall–Kier alpha value is -2.49. The zero-order chi connectivity index (χ0) is 18.6. The van der Waals surface area contributed by atoms with Crippen LogP contribution in [0.4, 0.5) is 5.69 Å². The van der Waals surface area contributed by atoms with Crippen LogP contribution in [0.15, 0.2) is 48.5 Å². The van der Waals surface area contributed by atoms with E-state index in [0.29, 0.717) is 17.9 Å². The van der Waals surface area contributed by atoms with Crippen molar-refractivity contribution in [2.24, 2.45) is 0 Å². The van der Waals surface area contributed by atoms with E-state index in [0.717, 1.165) is 30.9 Å². The van der Waals surface area contributed by atoms with Crippen LogP contribution in [0.1, 0.15) is 56.3 Å². The summed E-state index contributed by atoms with van der Waals surface area (Å²) < 4.78 is 11.3. The number of amides is 1. The maximum atomic E-state index is 12.4. The Morgan fingerprint density at radius 3 is 2.35 bits per heavy atom. The minimum absolute atomic E-state index is 0.153. The van der Waals surface area contributed by atoms with Crippen LogP contribution in [0, 0.1) is 0 Å². The average Bonchev–Trinajstić information content (AvgIpc) is 2.67. The Balaban J connectivity index is 1.85. The van der Waals surface area contributed by atoms with Crippen molar-refractivity contribution in [2.45, 2.75) is 46.0 Å². The Kier molecular flexibility index (Phi) is 8.53. The van der Waals surface area contributed by atoms with Crippen LogP contribution in [0.25, 0.3) is 0 Å². The van der Waals surface area contributed by atoms with Gasteiger partial charge in [-0.2, -0.15) is 0 Å². The van der Waals surface area contributed by atoms with E-state index in [9.17, 15) is 4.79 Å². The Morgan fingerprint density at radius 2 is 1.62 bits per heavy atom. The molecule has 0 bridgehead atoms. The van der Waals surface area contributed by atoms with E-state index in [1.165, 1.54) is 19.3 Å². The Bertz CT molecular complexity index is 667. The van der Waals surface area contributed by atoms with E-state index in [2.05, 4.69) is 19.2 Å². The van der Waals surface area contributed by atoms with Crippen LogP contribution >= 0.6 is 0 Å². The van der Waals surface area contributed by atoms with Gasteiger partial charge in [0.15, 0.2) is 0 Å². The fraction of sp³-hybridized carbons (Fsp3) is 0.409. The van der Waals surface area contributed by atoms with Gasteiger partial charge in [-0.1, -0.05) is 39.2 Å². The van der Waals surface area contributed by atoms with Gasteiger partial charge in [0, 0.05) is 11.3 Å². The molecular formula is C22H29NO3. The number of benzene rings is 2. The lowest BCUT2D eigenvalue weighted by Crippen LogP contribution is -2.12. The summed E-state index contributed by atoms with van der Waals surface area (Å²) in [6, 6.07) is 14.7. The van der Waals surface area contributed by atoms with Crippen LogP contribution in [0.3, 0.4) is 0 Å². The summed E-state index contributed by atoms with van der Waals surface area (Å²) in [7, 11) is 0. The summed E-state index contributed by atoms with van der Waals surface area (Å²) in [5.74, 6) is 1.39. The highest BCUT2D eigenvalue weighted by atomic mass is 16.5. The van der Waals surface area contributed by atoms with Gasteiger partial charge in [0.25, 0.3) is 5.91 Å². The second-order valence-electron chi connectivity index (χ2n) is 6.26. The van der Waals surface area contributed by atoms with E-state index in [1.54, 1.807) is 12.1 Å². The van der Waals surface area contributed by atoms with Crippen molar-refractivity contribution in [3.63, 3.8) is 0 Å². The highest BCUT2D eigenvalue weighted by Gasteiger charge is 2.07. The molecule has 0 aliphatic carbocycles. The van der Waals surface area contributed by atoms with Gasteiger partial charge >= 0.3 is 0 Å². The zero-order valence-electron chi connectivity index (χ0n) is 15.8. The van der Waals surface area contributed by atoms with Crippen LogP contribution < -0.4 is 14.8 Å². The number of nitrogens with one attached hydrogen (secondary N) is 1. The van der Waals surface area contributed by atoms with Crippen LogP contribution in [-0.4, -0.2) is 19.1 Å². The standard InChI is InChI=1S/C22H29NO3/c1-3-5-6-7-16-26-20-13-11-19(12-14-20)23-22(24)18-9-8-10-21(17-18)25-15-4-2/h8-14,17H,3-7,15-16H2,1-2H3,(H,23,24). The van der Waals surface area contributed by atoms with E-state index in [4.69, 9.17) is 9.47 Å². The molecule has 0 unspecified atom stereocenters. The minimum Gasteiger partial charge on any atom is -0.494 e. The largest absolute Gasteiger partial charge is 0.494 e. The normalized spacial score (nSPS) is 10.4. The first-order valence-corrected chi connectivity index (χ1v) is 9.50. The Morgan fingerprint density at radius 1 is 0.846 bits per heavy atom. The van der Waals surface area contributed by atoms with Crippen molar-refractivity contribution >= 4 is 11.6 Å². The molecule has 2 aromatic carbocycles. The third-order valence-corrected chi connectivity index (χ3v) is 3.95. The van der Waals surface area contributed by atoms with E-state index in [-0.39, 0.29) is 5.91 Å². The zero-order valence-corrected chi connectivity index (χ0v) is 15.8. The van der Waals surface area contributed by atoms with Gasteiger partial charge in [0.05, 0.1) is 13.2 Å². The van der Waals surface area contributed by atoms with Gasteiger partial charge < -0.3 is 14.8 Å². The summed E-state index contributed by atoms with van der Waals surface area (Å²) in [5, 5.41) is 2.90. The summed E-state index contributed by atoms with van der Waals surface area (Å²) in [6.07, 6.45) is 5.68. The first kappa shape index (κ1) is 19.8. The first-order chi connectivity index (χ1) is 12.7. The number of ether oxygens (including phenoxy) is 2. The highest BCUT2D eigenvalue weighted by Crippen LogP contribution is 2.19. The van der Waals surface area contributed by atoms with Crippen molar-refractivity contribution in [3.8, 4) is 11.5 Å². The number of hydrogen-bond acceptors (Lipinski definition) is 3. The third kappa shape index (κ3) is 6.79. The summed E-state index contributed by atoms with van der Waals surface area (Å²) in [4.78, 5) is 12.4. The summed E-state index contributed by atoms with van der Waals surface area (Å²) in [6.45, 7) is 5.62. The van der Waals surface area contributed by atoms with E-state index in [1.807, 2.05) is 36.4 Å². The lowest BCUT2D eigenvalue weighted by molar-refractivity contribution is 0.102. The number of anilines is 1. The lowest BCUT2D eigenvalue weighted by Gasteiger charge is -2.09. The van der Waals surface area contributed by atoms with Crippen molar-refractivity contribution in [3.05, 3.63) is 54.1 Å². The number of carbonyl (C=O) groups is 1. The maximum absolute atomic E-state index is 12.4. The number of carbonyl (C=O) groups excluding carboxylic acids is 1. The smallest absolute Gasteiger partial charge is 0.255 e. The molecule has 4 heteroatoms. The first-order valence-electron chi connectivity index (χ1n) is 9.50. The van der Waals surface area contributed by atoms with Gasteiger partial charge in [-0.25, -0.2) is 0 Å². The van der Waals surface area contributed by atoms with Gasteiger partial charge in [0.2, 0.25) is 0 Å². The van der Waals surface area contributed by atoms with E-state index >= 15 is 0 Å². The molecule has 26 heavy (non-hydrogen) atoms. The number of rotatable bonds is 11. The number of unbranched alkanes of at least 4 members (excludes halogenated alkanes) is 3. The third-order valence-electron chi connectivity index (χ3n) is 3.95. The number of hydrogen-bond donors (Lipinski definition) is 1. The van der Waals surface area contributed by atoms with E-state index < -0.39 is 0 Å². The fourth-order valence-electron chi connectivity index (χ4n) is 2.50. The quantitative estimate of drug-likeness (QED) is 0.527. The lowest BCUT2D eigenvalue weighted by atomic mass is 10.2. The molecule has 1 amide bonds. The van der Waals surface area contributed by atoms with Gasteiger partial charge in [-0.3, -0.25) is 4.79 Å². The van der Waals surface area contributed by atoms with Crippen LogP contribution in [0.2, 0.25) is 0 Å². The SMILES string of the molecule is CCCCCCOc1ccc(NC(=O)c2cccc(OCCC)c2)cc1. The van der Waals surface area contributed by atoms with Crippen molar-refractivity contribution in [1.29, 1.82) is 0 Å². The molecule has 4 nitrogen and oxygen atoms in total. The molecule has 0 spiro atoms. The molecule has 0 aliphatic heterocycles. The van der Waals surface area contributed by atoms with Gasteiger partial charge in [-0.15, -0.1) is 0 Å². The summed E-state index contributed by atoms with van der Waals surface area (Å²) in [5.41, 5.74) is 1.32. The Labute approximate surface area is 156 Å². The van der Waals surface area contributed by atoms with Crippen molar-refractivity contribution < 1.29 is 14.3 Å². The van der Waals surface area contributed by atoms with Crippen LogP contribution in [-0.2, 0) is 0 Å². The van der Waals surface area contributed by atoms with Gasteiger partial charge in [-0.05, 0) is 55.3 Å². The predicted molar refractivity (Wildman–Crippen MR) is 106 cm³/mol. The second kappa shape index (κ2) is 11.2. The van der Waals surface area contributed by atoms with Crippen molar-refractivity contribution in [1.82, 2.24) is 0 Å². The molecule has 0 aliphatic rings. The topological polar surface area (TPSA) is 47.6 Å². The van der Waals surface area contributed by atoms with Crippen molar-refractivity contribution in [2.75, 3.05) is 18.5 Å². The molecule has 1 N–H and O–H groups in total. The molecule has 0 atom stereocenters. The molecule has 0 aromatic heterocycles. The van der Waals surface area contributed by atoms with Crippen LogP contribution in [0.5, 0.6) is 11.5 Å². The second-order valence-corrected chi connectivity index (χ2v) is 6.26. The predicted octanol–water partition coefficient (Wildman–Crippen LogP) is 5.69. The average molecular weight is 355 g/mol. The molecular weight excluding hydrogens is 326 g/mol. The molecule has 0 radical (unpaired) electrons. The molecule has 0 saturated heterocycles. The summed E-state index contributed by atoms with van der Waals surface area (Å²) >= 11 is 0. The molecule has 0 fully saturated rings. The van der Waals surface area contributed by atoms with Gasteiger partial charge in [0.1, 0.15) is 11.5 Å². The minimum atomic E-state index is -0.153. The fourth-order valence-corrected chi connectivity index (χ4v) is 2.50. The molecule has 0 heterocycles. The molecule has 0 saturated carbocycles. The maximum Gasteiger partial charge on any atom is 0.255 e.